The number of nitrogens with zero attached hydrogens (tertiary/aromatic N) is 2. The number of carbonyl (C=O) groups excluding carboxylic acids is 2. The first-order valence-electron chi connectivity index (χ1n) is 6.40. The average Bonchev–Trinajstić information content (AvgIpc) is 2.43. The lowest BCUT2D eigenvalue weighted by Gasteiger charge is -2.36. The summed E-state index contributed by atoms with van der Waals surface area (Å²) in [6.07, 6.45) is 0.997. The van der Waals surface area contributed by atoms with Gasteiger partial charge >= 0.3 is 6.03 Å². The first-order valence-corrected chi connectivity index (χ1v) is 6.40. The lowest BCUT2D eigenvalue weighted by molar-refractivity contribution is -0.131. The van der Waals surface area contributed by atoms with Crippen molar-refractivity contribution in [3.63, 3.8) is 0 Å². The van der Waals surface area contributed by atoms with Gasteiger partial charge in [0.1, 0.15) is 0 Å². The molecule has 102 valence electrons. The normalized spacial score (nSPS) is 20.0. The van der Waals surface area contributed by atoms with Crippen LogP contribution in [0.5, 0.6) is 0 Å². The van der Waals surface area contributed by atoms with Crippen molar-refractivity contribution in [2.24, 2.45) is 0 Å². The molecular formula is C14H19N3O2. The molecular weight excluding hydrogens is 242 g/mol. The fourth-order valence-electron chi connectivity index (χ4n) is 2.15. The number of benzene rings is 1. The van der Waals surface area contributed by atoms with Crippen molar-refractivity contribution in [2.45, 2.75) is 19.0 Å². The summed E-state index contributed by atoms with van der Waals surface area (Å²) in [5.41, 5.74) is 1.24. The first kappa shape index (κ1) is 13.5. The highest BCUT2D eigenvalue weighted by Gasteiger charge is 2.33. The van der Waals surface area contributed by atoms with Crippen LogP contribution >= 0.6 is 0 Å². The fraction of sp³-hybridized carbons (Fsp3) is 0.429. The largest absolute Gasteiger partial charge is 0.327 e. The summed E-state index contributed by atoms with van der Waals surface area (Å²) in [5.74, 6) is -0.139. The molecule has 1 aromatic rings. The van der Waals surface area contributed by atoms with E-state index in [0.717, 1.165) is 17.9 Å². The van der Waals surface area contributed by atoms with Gasteiger partial charge in [-0.05, 0) is 12.0 Å². The molecule has 0 spiro atoms. The van der Waals surface area contributed by atoms with Gasteiger partial charge < -0.3 is 4.90 Å². The molecule has 1 N–H and O–H groups in total. The van der Waals surface area contributed by atoms with Crippen molar-refractivity contribution in [1.29, 1.82) is 0 Å². The molecule has 19 heavy (non-hydrogen) atoms. The Kier molecular flexibility index (Phi) is 4.16. The molecule has 5 heteroatoms. The van der Waals surface area contributed by atoms with Crippen molar-refractivity contribution in [1.82, 2.24) is 15.1 Å². The van der Waals surface area contributed by atoms with Crippen LogP contribution in [0.1, 0.15) is 12.0 Å². The van der Waals surface area contributed by atoms with E-state index < -0.39 is 0 Å². The molecule has 2 rings (SSSR count). The number of hydrogen-bond donors (Lipinski definition) is 1. The molecule has 1 saturated heterocycles. The van der Waals surface area contributed by atoms with Gasteiger partial charge in [-0.25, -0.2) is 4.79 Å². The molecule has 0 bridgehead atoms. The average molecular weight is 261 g/mol. The van der Waals surface area contributed by atoms with Crippen LogP contribution in [-0.2, 0) is 11.2 Å². The van der Waals surface area contributed by atoms with Gasteiger partial charge in [-0.1, -0.05) is 30.3 Å². The third-order valence-electron chi connectivity index (χ3n) is 3.43. The highest BCUT2D eigenvalue weighted by Crippen LogP contribution is 2.12. The predicted octanol–water partition coefficient (Wildman–Crippen LogP) is 1.06. The summed E-state index contributed by atoms with van der Waals surface area (Å²) in [6.45, 7) is 0.739. The van der Waals surface area contributed by atoms with Crippen molar-refractivity contribution < 1.29 is 9.59 Å². The van der Waals surface area contributed by atoms with E-state index in [1.54, 1.807) is 11.9 Å². The minimum atomic E-state index is -0.256. The molecule has 5 nitrogen and oxygen atoms in total. The molecule has 1 unspecified atom stereocenters. The Bertz CT molecular complexity index is 461. The summed E-state index contributed by atoms with van der Waals surface area (Å²) in [7, 11) is 3.23. The molecule has 0 aliphatic carbocycles. The van der Waals surface area contributed by atoms with E-state index >= 15 is 0 Å². The number of hydrogen-bond acceptors (Lipinski definition) is 3. The molecule has 1 atom stereocenters. The third-order valence-corrected chi connectivity index (χ3v) is 3.43. The minimum Gasteiger partial charge on any atom is -0.311 e. The van der Waals surface area contributed by atoms with E-state index in [4.69, 9.17) is 0 Å². The Morgan fingerprint density at radius 3 is 2.58 bits per heavy atom. The third kappa shape index (κ3) is 3.12. The maximum atomic E-state index is 11.8. The molecule has 1 fully saturated rings. The number of imide groups is 1. The molecule has 0 saturated carbocycles. The second kappa shape index (κ2) is 5.84. The summed E-state index contributed by atoms with van der Waals surface area (Å²) in [4.78, 5) is 26.1. The molecule has 0 radical (unpaired) electrons. The standard InChI is InChI=1S/C14H19N3O2/c1-16-12(10-13(18)17(2)14(16)19)15-9-8-11-6-4-3-5-7-11/h3-7,12,15H,8-10H2,1-2H3. The molecule has 0 aromatic heterocycles. The zero-order valence-electron chi connectivity index (χ0n) is 11.3. The predicted molar refractivity (Wildman–Crippen MR) is 72.5 cm³/mol. The van der Waals surface area contributed by atoms with E-state index in [-0.39, 0.29) is 18.1 Å². The van der Waals surface area contributed by atoms with Gasteiger partial charge in [0, 0.05) is 20.6 Å². The lowest BCUT2D eigenvalue weighted by Crippen LogP contribution is -2.58. The van der Waals surface area contributed by atoms with Gasteiger partial charge in [-0.3, -0.25) is 15.0 Å². The van der Waals surface area contributed by atoms with Gasteiger partial charge in [0.25, 0.3) is 0 Å². The molecule has 1 aliphatic rings. The Labute approximate surface area is 113 Å². The zero-order chi connectivity index (χ0) is 13.8. The van der Waals surface area contributed by atoms with Gasteiger partial charge in [-0.15, -0.1) is 0 Å². The highest BCUT2D eigenvalue weighted by atomic mass is 16.2. The van der Waals surface area contributed by atoms with Crippen molar-refractivity contribution >= 4 is 11.9 Å². The highest BCUT2D eigenvalue weighted by molar-refractivity contribution is 5.96. The molecule has 3 amide bonds. The van der Waals surface area contributed by atoms with Crippen LogP contribution in [0.3, 0.4) is 0 Å². The number of nitrogens with one attached hydrogen (secondary N) is 1. The zero-order valence-corrected chi connectivity index (χ0v) is 11.3. The Hall–Kier alpha value is -1.88. The maximum Gasteiger partial charge on any atom is 0.327 e. The van der Waals surface area contributed by atoms with E-state index in [9.17, 15) is 9.59 Å². The van der Waals surface area contributed by atoms with Crippen LogP contribution < -0.4 is 5.32 Å². The Balaban J connectivity index is 1.86. The summed E-state index contributed by atoms with van der Waals surface area (Å²) in [5, 5.41) is 3.26. The van der Waals surface area contributed by atoms with Crippen molar-refractivity contribution in [2.75, 3.05) is 20.6 Å². The maximum absolute atomic E-state index is 11.8. The van der Waals surface area contributed by atoms with Crippen molar-refractivity contribution in [3.8, 4) is 0 Å². The summed E-state index contributed by atoms with van der Waals surface area (Å²) < 4.78 is 0. The number of rotatable bonds is 4. The SMILES string of the molecule is CN1C(=O)CC(NCCc2ccccc2)N(C)C1=O. The van der Waals surface area contributed by atoms with Crippen molar-refractivity contribution in [3.05, 3.63) is 35.9 Å². The number of amides is 3. The van der Waals surface area contributed by atoms with Gasteiger partial charge in [-0.2, -0.15) is 0 Å². The number of carbonyl (C=O) groups is 2. The van der Waals surface area contributed by atoms with Crippen LogP contribution in [0.2, 0.25) is 0 Å². The van der Waals surface area contributed by atoms with E-state index in [1.165, 1.54) is 12.6 Å². The molecule has 1 heterocycles. The Morgan fingerprint density at radius 1 is 1.21 bits per heavy atom. The summed E-state index contributed by atoms with van der Waals surface area (Å²) >= 11 is 0. The van der Waals surface area contributed by atoms with Crippen LogP contribution in [0.25, 0.3) is 0 Å². The van der Waals surface area contributed by atoms with E-state index in [1.807, 2.05) is 18.2 Å². The molecule has 1 aromatic carbocycles. The smallest absolute Gasteiger partial charge is 0.311 e. The second-order valence-corrected chi connectivity index (χ2v) is 4.76. The summed E-state index contributed by atoms with van der Waals surface area (Å²) in [6, 6.07) is 9.87. The van der Waals surface area contributed by atoms with E-state index in [2.05, 4.69) is 17.4 Å². The fourth-order valence-corrected chi connectivity index (χ4v) is 2.15. The monoisotopic (exact) mass is 261 g/mol. The second-order valence-electron chi connectivity index (χ2n) is 4.76. The Morgan fingerprint density at radius 2 is 1.89 bits per heavy atom. The van der Waals surface area contributed by atoms with Gasteiger partial charge in [0.2, 0.25) is 5.91 Å². The quantitative estimate of drug-likeness (QED) is 0.881. The van der Waals surface area contributed by atoms with Crippen LogP contribution in [0.4, 0.5) is 4.79 Å². The topological polar surface area (TPSA) is 52.7 Å². The van der Waals surface area contributed by atoms with Crippen LogP contribution in [0.15, 0.2) is 30.3 Å². The van der Waals surface area contributed by atoms with Crippen LogP contribution in [-0.4, -0.2) is 48.5 Å². The lowest BCUT2D eigenvalue weighted by atomic mass is 10.1. The molecule has 1 aliphatic heterocycles. The minimum absolute atomic E-state index is 0.139. The number of urea groups is 1. The van der Waals surface area contributed by atoms with E-state index in [0.29, 0.717) is 6.42 Å². The van der Waals surface area contributed by atoms with Gasteiger partial charge in [0.05, 0.1) is 12.6 Å². The first-order chi connectivity index (χ1) is 9.09. The van der Waals surface area contributed by atoms with Crippen LogP contribution in [0, 0.1) is 0 Å². The van der Waals surface area contributed by atoms with Gasteiger partial charge in [0.15, 0.2) is 0 Å².